The zero-order valence-electron chi connectivity index (χ0n) is 14.5. The quantitative estimate of drug-likeness (QED) is 0.726. The largest absolute Gasteiger partial charge is 0.377 e. The first-order valence-corrected chi connectivity index (χ1v) is 9.28. The number of nitrogens with zero attached hydrogens (tertiary/aromatic N) is 1. The van der Waals surface area contributed by atoms with Crippen LogP contribution in [0.2, 0.25) is 0 Å². The number of rotatable bonds is 7. The van der Waals surface area contributed by atoms with E-state index in [1.54, 1.807) is 0 Å². The van der Waals surface area contributed by atoms with Gasteiger partial charge in [-0.25, -0.2) is 0 Å². The number of unbranched alkanes of at least 4 members (excludes halogenated alkanes) is 3. The summed E-state index contributed by atoms with van der Waals surface area (Å²) in [7, 11) is 0. The van der Waals surface area contributed by atoms with E-state index < -0.39 is 0 Å². The van der Waals surface area contributed by atoms with Gasteiger partial charge in [-0.1, -0.05) is 52.9 Å². The first-order valence-electron chi connectivity index (χ1n) is 9.28. The predicted molar refractivity (Wildman–Crippen MR) is 89.4 cm³/mol. The summed E-state index contributed by atoms with van der Waals surface area (Å²) in [5.41, 5.74) is 0.119. The van der Waals surface area contributed by atoms with Gasteiger partial charge in [0.25, 0.3) is 0 Å². The SMILES string of the molecule is CCCCCCC1(N2CC(C)CC(CC)C2)COCCN1. The lowest BCUT2D eigenvalue weighted by atomic mass is 9.85. The van der Waals surface area contributed by atoms with Crippen molar-refractivity contribution >= 4 is 0 Å². The standard InChI is InChI=1S/C18H36N2O/c1-4-6-7-8-9-18(15-21-11-10-19-18)20-13-16(3)12-17(5-2)14-20/h16-17,19H,4-15H2,1-3H3. The van der Waals surface area contributed by atoms with E-state index in [1.165, 1.54) is 58.0 Å². The van der Waals surface area contributed by atoms with Gasteiger partial charge in [0.1, 0.15) is 0 Å². The van der Waals surface area contributed by atoms with Gasteiger partial charge in [0.2, 0.25) is 0 Å². The number of hydrogen-bond acceptors (Lipinski definition) is 3. The lowest BCUT2D eigenvalue weighted by Crippen LogP contribution is -2.67. The lowest BCUT2D eigenvalue weighted by molar-refractivity contribution is -0.0908. The van der Waals surface area contributed by atoms with E-state index in [0.29, 0.717) is 0 Å². The van der Waals surface area contributed by atoms with Crippen molar-refractivity contribution in [2.24, 2.45) is 11.8 Å². The van der Waals surface area contributed by atoms with E-state index in [2.05, 4.69) is 31.0 Å². The van der Waals surface area contributed by atoms with Crippen LogP contribution in [0.15, 0.2) is 0 Å². The van der Waals surface area contributed by atoms with Gasteiger partial charge in [-0.3, -0.25) is 10.2 Å². The molecule has 2 fully saturated rings. The second kappa shape index (κ2) is 8.50. The van der Waals surface area contributed by atoms with Crippen LogP contribution in [-0.2, 0) is 4.74 Å². The number of ether oxygens (including phenoxy) is 1. The topological polar surface area (TPSA) is 24.5 Å². The summed E-state index contributed by atoms with van der Waals surface area (Å²) < 4.78 is 5.90. The molecule has 0 amide bonds. The average molecular weight is 296 g/mol. The van der Waals surface area contributed by atoms with Gasteiger partial charge in [0.05, 0.1) is 18.9 Å². The Bertz CT molecular complexity index is 289. The third kappa shape index (κ3) is 4.67. The summed E-state index contributed by atoms with van der Waals surface area (Å²) in [6.45, 7) is 12.3. The maximum atomic E-state index is 5.90. The van der Waals surface area contributed by atoms with Crippen molar-refractivity contribution in [2.75, 3.05) is 32.8 Å². The zero-order valence-corrected chi connectivity index (χ0v) is 14.5. The summed E-state index contributed by atoms with van der Waals surface area (Å²) in [5.74, 6) is 1.69. The van der Waals surface area contributed by atoms with Crippen LogP contribution in [0.3, 0.4) is 0 Å². The summed E-state index contributed by atoms with van der Waals surface area (Å²) >= 11 is 0. The molecule has 2 heterocycles. The highest BCUT2D eigenvalue weighted by atomic mass is 16.5. The molecule has 2 rings (SSSR count). The van der Waals surface area contributed by atoms with Gasteiger partial charge in [-0.15, -0.1) is 0 Å². The number of piperidine rings is 1. The number of morpholine rings is 1. The molecule has 124 valence electrons. The minimum absolute atomic E-state index is 0.119. The highest BCUT2D eigenvalue weighted by Gasteiger charge is 2.41. The molecule has 3 unspecified atom stereocenters. The van der Waals surface area contributed by atoms with Gasteiger partial charge in [-0.2, -0.15) is 0 Å². The fourth-order valence-electron chi connectivity index (χ4n) is 4.14. The highest BCUT2D eigenvalue weighted by Crippen LogP contribution is 2.32. The molecule has 3 atom stereocenters. The van der Waals surface area contributed by atoms with Crippen LogP contribution in [0, 0.1) is 11.8 Å². The van der Waals surface area contributed by atoms with E-state index in [0.717, 1.165) is 31.6 Å². The Balaban J connectivity index is 1.99. The summed E-state index contributed by atoms with van der Waals surface area (Å²) in [5, 5.41) is 3.85. The monoisotopic (exact) mass is 296 g/mol. The molecule has 0 aromatic carbocycles. The van der Waals surface area contributed by atoms with Crippen LogP contribution in [0.1, 0.15) is 65.7 Å². The number of hydrogen-bond donors (Lipinski definition) is 1. The minimum atomic E-state index is 0.119. The molecule has 1 N–H and O–H groups in total. The van der Waals surface area contributed by atoms with Gasteiger partial charge < -0.3 is 4.74 Å². The summed E-state index contributed by atoms with van der Waals surface area (Å²) in [4.78, 5) is 2.74. The maximum absolute atomic E-state index is 5.90. The third-order valence-corrected chi connectivity index (χ3v) is 5.41. The first-order chi connectivity index (χ1) is 10.2. The van der Waals surface area contributed by atoms with E-state index >= 15 is 0 Å². The van der Waals surface area contributed by atoms with Crippen LogP contribution in [0.4, 0.5) is 0 Å². The maximum Gasteiger partial charge on any atom is 0.0953 e. The van der Waals surface area contributed by atoms with Crippen LogP contribution in [0.25, 0.3) is 0 Å². The molecule has 0 aliphatic carbocycles. The van der Waals surface area contributed by atoms with E-state index in [9.17, 15) is 0 Å². The van der Waals surface area contributed by atoms with Gasteiger partial charge >= 0.3 is 0 Å². The summed E-state index contributed by atoms with van der Waals surface area (Å²) in [6.07, 6.45) is 9.33. The van der Waals surface area contributed by atoms with Gasteiger partial charge in [-0.05, 0) is 24.7 Å². The molecule has 21 heavy (non-hydrogen) atoms. The highest BCUT2D eigenvalue weighted by molar-refractivity contribution is 4.94. The zero-order chi connectivity index (χ0) is 15.1. The first kappa shape index (κ1) is 17.2. The van der Waals surface area contributed by atoms with Crippen LogP contribution in [0.5, 0.6) is 0 Å². The molecule has 0 aromatic rings. The molecule has 2 aliphatic rings. The van der Waals surface area contributed by atoms with Crippen molar-refractivity contribution < 1.29 is 4.74 Å². The molecular weight excluding hydrogens is 260 g/mol. The molecule has 0 aromatic heterocycles. The summed E-state index contributed by atoms with van der Waals surface area (Å²) in [6, 6.07) is 0. The predicted octanol–water partition coefficient (Wildman–Crippen LogP) is 3.64. The Morgan fingerprint density at radius 3 is 2.71 bits per heavy atom. The number of nitrogens with one attached hydrogen (secondary N) is 1. The molecule has 0 radical (unpaired) electrons. The van der Waals surface area contributed by atoms with Crippen molar-refractivity contribution in [2.45, 2.75) is 71.4 Å². The Kier molecular flexibility index (Phi) is 6.97. The minimum Gasteiger partial charge on any atom is -0.377 e. The second-order valence-electron chi connectivity index (χ2n) is 7.34. The Hall–Kier alpha value is -0.120. The lowest BCUT2D eigenvalue weighted by Gasteiger charge is -2.51. The molecule has 3 nitrogen and oxygen atoms in total. The Labute approximate surface area is 131 Å². The molecule has 2 aliphatic heterocycles. The fourth-order valence-corrected chi connectivity index (χ4v) is 4.14. The molecule has 0 bridgehead atoms. The van der Waals surface area contributed by atoms with Crippen molar-refractivity contribution in [1.82, 2.24) is 10.2 Å². The molecule has 0 spiro atoms. The molecular formula is C18H36N2O. The van der Waals surface area contributed by atoms with E-state index in [1.807, 2.05) is 0 Å². The van der Waals surface area contributed by atoms with E-state index in [4.69, 9.17) is 4.74 Å². The number of likely N-dealkylation sites (tertiary alicyclic amines) is 1. The molecule has 2 saturated heterocycles. The fraction of sp³-hybridized carbons (Fsp3) is 1.00. The van der Waals surface area contributed by atoms with Crippen molar-refractivity contribution in [3.05, 3.63) is 0 Å². The normalized spacial score (nSPS) is 35.0. The Morgan fingerprint density at radius 1 is 1.19 bits per heavy atom. The van der Waals surface area contributed by atoms with Crippen molar-refractivity contribution in [1.29, 1.82) is 0 Å². The Morgan fingerprint density at radius 2 is 2.05 bits per heavy atom. The average Bonchev–Trinajstić information content (AvgIpc) is 2.52. The van der Waals surface area contributed by atoms with Crippen LogP contribution in [-0.4, -0.2) is 43.4 Å². The van der Waals surface area contributed by atoms with Crippen molar-refractivity contribution in [3.8, 4) is 0 Å². The van der Waals surface area contributed by atoms with Gasteiger partial charge in [0, 0.05) is 19.6 Å². The van der Waals surface area contributed by atoms with Crippen LogP contribution < -0.4 is 5.32 Å². The van der Waals surface area contributed by atoms with E-state index in [-0.39, 0.29) is 5.66 Å². The molecule has 3 heteroatoms. The third-order valence-electron chi connectivity index (χ3n) is 5.41. The van der Waals surface area contributed by atoms with Gasteiger partial charge in [0.15, 0.2) is 0 Å². The van der Waals surface area contributed by atoms with Crippen LogP contribution >= 0.6 is 0 Å². The smallest absolute Gasteiger partial charge is 0.0953 e. The second-order valence-corrected chi connectivity index (χ2v) is 7.34. The molecule has 0 saturated carbocycles. The van der Waals surface area contributed by atoms with Crippen molar-refractivity contribution in [3.63, 3.8) is 0 Å².